The maximum absolute atomic E-state index is 9.60. The van der Waals surface area contributed by atoms with Crippen LogP contribution in [0.1, 0.15) is 43.5 Å². The SMILES string of the molecule is CC(C)[C@@H]1/C(=N\O)C[C@@H](c2ccccc2)N[C@H]1c1ccccc1. The lowest BCUT2D eigenvalue weighted by atomic mass is 9.75. The van der Waals surface area contributed by atoms with Gasteiger partial charge in [0.05, 0.1) is 5.71 Å². The van der Waals surface area contributed by atoms with Crippen LogP contribution in [-0.4, -0.2) is 10.9 Å². The molecule has 0 bridgehead atoms. The van der Waals surface area contributed by atoms with E-state index in [-0.39, 0.29) is 18.0 Å². The molecule has 0 radical (unpaired) electrons. The number of piperidine rings is 1. The van der Waals surface area contributed by atoms with Gasteiger partial charge in [0.25, 0.3) is 0 Å². The first-order valence-corrected chi connectivity index (χ1v) is 8.27. The van der Waals surface area contributed by atoms with Crippen molar-refractivity contribution in [2.45, 2.75) is 32.4 Å². The fraction of sp³-hybridized carbons (Fsp3) is 0.350. The molecular weight excluding hydrogens is 284 g/mol. The third-order valence-corrected chi connectivity index (χ3v) is 4.75. The van der Waals surface area contributed by atoms with E-state index in [2.05, 4.69) is 72.9 Å². The van der Waals surface area contributed by atoms with Gasteiger partial charge in [-0.2, -0.15) is 0 Å². The molecular formula is C20H24N2O. The molecule has 2 N–H and O–H groups in total. The first-order valence-electron chi connectivity index (χ1n) is 8.27. The van der Waals surface area contributed by atoms with Crippen molar-refractivity contribution in [3.05, 3.63) is 71.8 Å². The Morgan fingerprint density at radius 3 is 2.04 bits per heavy atom. The van der Waals surface area contributed by atoms with Crippen molar-refractivity contribution in [3.8, 4) is 0 Å². The van der Waals surface area contributed by atoms with Crippen LogP contribution in [0.15, 0.2) is 65.8 Å². The van der Waals surface area contributed by atoms with Crippen LogP contribution in [0, 0.1) is 11.8 Å². The number of oxime groups is 1. The molecule has 0 unspecified atom stereocenters. The van der Waals surface area contributed by atoms with Gasteiger partial charge in [-0.25, -0.2) is 0 Å². The number of benzene rings is 2. The van der Waals surface area contributed by atoms with Gasteiger partial charge in [-0.1, -0.05) is 79.7 Å². The van der Waals surface area contributed by atoms with Gasteiger partial charge in [-0.05, 0) is 17.0 Å². The summed E-state index contributed by atoms with van der Waals surface area (Å²) in [4.78, 5) is 0. The Morgan fingerprint density at radius 2 is 1.52 bits per heavy atom. The van der Waals surface area contributed by atoms with E-state index in [1.54, 1.807) is 0 Å². The van der Waals surface area contributed by atoms with Crippen LogP contribution in [0.25, 0.3) is 0 Å². The van der Waals surface area contributed by atoms with Gasteiger partial charge in [-0.3, -0.25) is 0 Å². The van der Waals surface area contributed by atoms with Crippen LogP contribution in [0.4, 0.5) is 0 Å². The molecule has 3 rings (SSSR count). The van der Waals surface area contributed by atoms with E-state index in [0.717, 1.165) is 12.1 Å². The second-order valence-corrected chi connectivity index (χ2v) is 6.58. The van der Waals surface area contributed by atoms with Crippen molar-refractivity contribution in [1.82, 2.24) is 5.32 Å². The zero-order chi connectivity index (χ0) is 16.2. The van der Waals surface area contributed by atoms with Crippen LogP contribution in [0.5, 0.6) is 0 Å². The van der Waals surface area contributed by atoms with Gasteiger partial charge in [0.15, 0.2) is 0 Å². The van der Waals surface area contributed by atoms with Crippen LogP contribution in [-0.2, 0) is 0 Å². The number of rotatable bonds is 3. The Morgan fingerprint density at radius 1 is 0.957 bits per heavy atom. The Hall–Kier alpha value is -2.13. The van der Waals surface area contributed by atoms with E-state index >= 15 is 0 Å². The first-order chi connectivity index (χ1) is 11.2. The fourth-order valence-electron chi connectivity index (χ4n) is 3.66. The highest BCUT2D eigenvalue weighted by Crippen LogP contribution is 2.39. The van der Waals surface area contributed by atoms with Crippen molar-refractivity contribution in [2.24, 2.45) is 17.0 Å². The van der Waals surface area contributed by atoms with Gasteiger partial charge < -0.3 is 10.5 Å². The molecule has 0 saturated carbocycles. The molecule has 2 aromatic carbocycles. The Kier molecular flexibility index (Phi) is 4.77. The minimum atomic E-state index is 0.154. The standard InChI is InChI=1S/C20H24N2O/c1-14(2)19-18(22-23)13-17(15-9-5-3-6-10-15)21-20(19)16-11-7-4-8-12-16/h3-12,14,17,19-21,23H,13H2,1-2H3/b22-18-/t17-,19+,20-/m0/s1. The quantitative estimate of drug-likeness (QED) is 0.644. The predicted molar refractivity (Wildman–Crippen MR) is 93.7 cm³/mol. The topological polar surface area (TPSA) is 44.6 Å². The molecule has 0 amide bonds. The molecule has 23 heavy (non-hydrogen) atoms. The van der Waals surface area contributed by atoms with Gasteiger partial charge in [-0.15, -0.1) is 0 Å². The molecule has 3 atom stereocenters. The summed E-state index contributed by atoms with van der Waals surface area (Å²) in [6.07, 6.45) is 0.743. The lowest BCUT2D eigenvalue weighted by molar-refractivity contribution is 0.263. The van der Waals surface area contributed by atoms with E-state index in [4.69, 9.17) is 0 Å². The van der Waals surface area contributed by atoms with E-state index in [9.17, 15) is 5.21 Å². The van der Waals surface area contributed by atoms with Gasteiger partial charge in [0, 0.05) is 24.4 Å². The van der Waals surface area contributed by atoms with Crippen LogP contribution >= 0.6 is 0 Å². The summed E-state index contributed by atoms with van der Waals surface area (Å²) in [5, 5.41) is 17.1. The fourth-order valence-corrected chi connectivity index (χ4v) is 3.66. The zero-order valence-electron chi connectivity index (χ0n) is 13.7. The first kappa shape index (κ1) is 15.8. The second kappa shape index (κ2) is 6.97. The monoisotopic (exact) mass is 308 g/mol. The largest absolute Gasteiger partial charge is 0.411 e. The van der Waals surface area contributed by atoms with Crippen LogP contribution < -0.4 is 5.32 Å². The molecule has 0 aromatic heterocycles. The van der Waals surface area contributed by atoms with Gasteiger partial charge >= 0.3 is 0 Å². The Labute approximate surface area is 138 Å². The maximum Gasteiger partial charge on any atom is 0.0642 e. The summed E-state index contributed by atoms with van der Waals surface area (Å²) in [5.41, 5.74) is 3.37. The molecule has 2 aromatic rings. The molecule has 0 spiro atoms. The summed E-state index contributed by atoms with van der Waals surface area (Å²) in [5.74, 6) is 0.595. The summed E-state index contributed by atoms with van der Waals surface area (Å²) >= 11 is 0. The second-order valence-electron chi connectivity index (χ2n) is 6.58. The third-order valence-electron chi connectivity index (χ3n) is 4.75. The van der Waals surface area contributed by atoms with E-state index in [1.165, 1.54) is 11.1 Å². The molecule has 0 aliphatic carbocycles. The number of nitrogens with one attached hydrogen (secondary N) is 1. The summed E-state index contributed by atoms with van der Waals surface area (Å²) in [7, 11) is 0. The van der Waals surface area contributed by atoms with Crippen molar-refractivity contribution in [1.29, 1.82) is 0 Å². The highest BCUT2D eigenvalue weighted by Gasteiger charge is 2.38. The average molecular weight is 308 g/mol. The highest BCUT2D eigenvalue weighted by atomic mass is 16.4. The normalized spacial score (nSPS) is 26.6. The smallest absolute Gasteiger partial charge is 0.0642 e. The molecule has 1 saturated heterocycles. The minimum absolute atomic E-state index is 0.154. The third kappa shape index (κ3) is 3.30. The Bertz CT molecular complexity index is 652. The Balaban J connectivity index is 1.98. The van der Waals surface area contributed by atoms with Crippen molar-refractivity contribution in [3.63, 3.8) is 0 Å². The van der Waals surface area contributed by atoms with E-state index in [0.29, 0.717) is 5.92 Å². The zero-order valence-corrected chi connectivity index (χ0v) is 13.7. The number of hydrogen-bond acceptors (Lipinski definition) is 3. The lowest BCUT2D eigenvalue weighted by Gasteiger charge is -2.40. The van der Waals surface area contributed by atoms with Crippen LogP contribution in [0.2, 0.25) is 0 Å². The maximum atomic E-state index is 9.60. The van der Waals surface area contributed by atoms with Crippen molar-refractivity contribution >= 4 is 5.71 Å². The van der Waals surface area contributed by atoms with Crippen LogP contribution in [0.3, 0.4) is 0 Å². The molecule has 3 nitrogen and oxygen atoms in total. The molecule has 1 aliphatic rings. The number of hydrogen-bond donors (Lipinski definition) is 2. The summed E-state index contributed by atoms with van der Waals surface area (Å²) in [6.45, 7) is 4.38. The molecule has 120 valence electrons. The minimum Gasteiger partial charge on any atom is -0.411 e. The molecule has 1 heterocycles. The lowest BCUT2D eigenvalue weighted by Crippen LogP contribution is -2.44. The number of nitrogens with zero attached hydrogens (tertiary/aromatic N) is 1. The van der Waals surface area contributed by atoms with E-state index < -0.39 is 0 Å². The molecule has 3 heteroatoms. The van der Waals surface area contributed by atoms with Crippen molar-refractivity contribution in [2.75, 3.05) is 0 Å². The van der Waals surface area contributed by atoms with Gasteiger partial charge in [0.1, 0.15) is 0 Å². The molecule has 1 aliphatic heterocycles. The average Bonchev–Trinajstić information content (AvgIpc) is 2.62. The predicted octanol–water partition coefficient (Wildman–Crippen LogP) is 4.56. The van der Waals surface area contributed by atoms with Crippen molar-refractivity contribution < 1.29 is 5.21 Å². The van der Waals surface area contributed by atoms with E-state index in [1.807, 2.05) is 12.1 Å². The highest BCUT2D eigenvalue weighted by molar-refractivity contribution is 5.89. The summed E-state index contributed by atoms with van der Waals surface area (Å²) in [6, 6.07) is 21.2. The molecule has 1 fully saturated rings. The summed E-state index contributed by atoms with van der Waals surface area (Å²) < 4.78 is 0. The van der Waals surface area contributed by atoms with Gasteiger partial charge in [0.2, 0.25) is 0 Å².